The van der Waals surface area contributed by atoms with Crippen LogP contribution in [0.4, 0.5) is 5.69 Å². The molecule has 0 spiro atoms. The van der Waals surface area contributed by atoms with Crippen LogP contribution in [-0.2, 0) is 16.1 Å². The molecule has 5 heteroatoms. The van der Waals surface area contributed by atoms with Crippen molar-refractivity contribution in [1.29, 1.82) is 0 Å². The highest BCUT2D eigenvalue weighted by molar-refractivity contribution is 6.36. The zero-order valence-electron chi connectivity index (χ0n) is 18.6. The third-order valence-corrected chi connectivity index (χ3v) is 5.82. The number of aryl methyl sites for hydroxylation is 4. The van der Waals surface area contributed by atoms with Crippen LogP contribution in [0.15, 0.2) is 66.4 Å². The van der Waals surface area contributed by atoms with Crippen molar-refractivity contribution in [2.75, 3.05) is 5.32 Å². The van der Waals surface area contributed by atoms with Crippen LogP contribution < -0.4 is 5.32 Å². The van der Waals surface area contributed by atoms with Gasteiger partial charge in [-0.05, 0) is 79.8 Å². The minimum absolute atomic E-state index is 0.182. The van der Waals surface area contributed by atoms with E-state index in [2.05, 4.69) is 11.4 Å². The third kappa shape index (κ3) is 4.32. The SMILES string of the molecule is Cc1cc(C)cc(NC2=C(c3ccc(C)cc3C)C(=O)N(Cc3ccc(Cl)cc3)C2=O)c1. The van der Waals surface area contributed by atoms with E-state index in [9.17, 15) is 9.59 Å². The molecule has 1 aliphatic heterocycles. The van der Waals surface area contributed by atoms with Crippen molar-refractivity contribution < 1.29 is 9.59 Å². The maximum atomic E-state index is 13.5. The average Bonchev–Trinajstić information content (AvgIpc) is 2.93. The molecule has 0 saturated carbocycles. The van der Waals surface area contributed by atoms with E-state index >= 15 is 0 Å². The maximum Gasteiger partial charge on any atom is 0.278 e. The van der Waals surface area contributed by atoms with Crippen LogP contribution in [0.25, 0.3) is 5.57 Å². The van der Waals surface area contributed by atoms with E-state index in [4.69, 9.17) is 11.6 Å². The normalized spacial score (nSPS) is 13.8. The Hall–Kier alpha value is -3.37. The number of benzene rings is 3. The van der Waals surface area contributed by atoms with Crippen LogP contribution >= 0.6 is 11.6 Å². The molecule has 1 N–H and O–H groups in total. The molecule has 0 atom stereocenters. The van der Waals surface area contributed by atoms with Gasteiger partial charge in [0.25, 0.3) is 11.8 Å². The summed E-state index contributed by atoms with van der Waals surface area (Å²) in [4.78, 5) is 28.3. The largest absolute Gasteiger partial charge is 0.350 e. The summed E-state index contributed by atoms with van der Waals surface area (Å²) in [6.45, 7) is 8.16. The number of hydrogen-bond donors (Lipinski definition) is 1. The van der Waals surface area contributed by atoms with Crippen molar-refractivity contribution in [2.45, 2.75) is 34.2 Å². The number of hydrogen-bond acceptors (Lipinski definition) is 3. The first-order valence-corrected chi connectivity index (χ1v) is 10.9. The summed E-state index contributed by atoms with van der Waals surface area (Å²) in [6, 6.07) is 19.1. The van der Waals surface area contributed by atoms with Gasteiger partial charge in [0.2, 0.25) is 0 Å². The minimum atomic E-state index is -0.334. The van der Waals surface area contributed by atoms with Crippen LogP contribution in [0.5, 0.6) is 0 Å². The van der Waals surface area contributed by atoms with Gasteiger partial charge < -0.3 is 5.32 Å². The van der Waals surface area contributed by atoms with E-state index in [0.717, 1.165) is 39.1 Å². The molecule has 1 aliphatic rings. The van der Waals surface area contributed by atoms with Gasteiger partial charge in [-0.25, -0.2) is 0 Å². The molecule has 4 rings (SSSR count). The smallest absolute Gasteiger partial charge is 0.278 e. The molecule has 4 nitrogen and oxygen atoms in total. The maximum absolute atomic E-state index is 13.5. The van der Waals surface area contributed by atoms with Gasteiger partial charge in [0, 0.05) is 10.7 Å². The molecular weight excluding hydrogens is 420 g/mol. The Balaban J connectivity index is 1.79. The lowest BCUT2D eigenvalue weighted by atomic mass is 9.97. The highest BCUT2D eigenvalue weighted by atomic mass is 35.5. The lowest BCUT2D eigenvalue weighted by Gasteiger charge is -2.16. The van der Waals surface area contributed by atoms with Gasteiger partial charge in [-0.3, -0.25) is 14.5 Å². The number of nitrogens with one attached hydrogen (secondary N) is 1. The second-order valence-corrected chi connectivity index (χ2v) is 8.83. The van der Waals surface area contributed by atoms with Gasteiger partial charge in [-0.15, -0.1) is 0 Å². The molecule has 3 aromatic carbocycles. The fourth-order valence-corrected chi connectivity index (χ4v) is 4.27. The number of carbonyl (C=O) groups is 2. The molecule has 0 aromatic heterocycles. The molecule has 0 fully saturated rings. The lowest BCUT2D eigenvalue weighted by Crippen LogP contribution is -2.32. The summed E-state index contributed by atoms with van der Waals surface area (Å²) < 4.78 is 0. The number of imide groups is 1. The zero-order chi connectivity index (χ0) is 23.0. The zero-order valence-corrected chi connectivity index (χ0v) is 19.4. The van der Waals surface area contributed by atoms with Crippen molar-refractivity contribution in [3.8, 4) is 0 Å². The van der Waals surface area contributed by atoms with E-state index in [1.807, 2.05) is 70.2 Å². The summed E-state index contributed by atoms with van der Waals surface area (Å²) in [7, 11) is 0. The number of halogens is 1. The summed E-state index contributed by atoms with van der Waals surface area (Å²) in [5, 5.41) is 3.87. The number of amides is 2. The van der Waals surface area contributed by atoms with Crippen LogP contribution in [-0.4, -0.2) is 16.7 Å². The first-order valence-electron chi connectivity index (χ1n) is 10.5. The first kappa shape index (κ1) is 21.8. The molecule has 32 heavy (non-hydrogen) atoms. The van der Waals surface area contributed by atoms with Crippen molar-refractivity contribution in [2.24, 2.45) is 0 Å². The Kier molecular flexibility index (Phi) is 5.90. The fraction of sp³-hybridized carbons (Fsp3) is 0.185. The number of carbonyl (C=O) groups excluding carboxylic acids is 2. The van der Waals surface area contributed by atoms with Crippen LogP contribution in [0.3, 0.4) is 0 Å². The van der Waals surface area contributed by atoms with Crippen LogP contribution in [0.2, 0.25) is 5.02 Å². The minimum Gasteiger partial charge on any atom is -0.350 e. The second kappa shape index (κ2) is 8.64. The molecule has 0 aliphatic carbocycles. The Morgan fingerprint density at radius 1 is 0.781 bits per heavy atom. The Bertz CT molecular complexity index is 1240. The van der Waals surface area contributed by atoms with Gasteiger partial charge in [-0.1, -0.05) is 53.6 Å². The van der Waals surface area contributed by atoms with E-state index in [-0.39, 0.29) is 18.4 Å². The van der Waals surface area contributed by atoms with E-state index in [0.29, 0.717) is 16.3 Å². The molecule has 0 bridgehead atoms. The third-order valence-electron chi connectivity index (χ3n) is 5.56. The molecule has 162 valence electrons. The molecule has 0 unspecified atom stereocenters. The quantitative estimate of drug-likeness (QED) is 0.493. The first-order chi connectivity index (χ1) is 15.2. The fourth-order valence-electron chi connectivity index (χ4n) is 4.14. The predicted molar refractivity (Wildman–Crippen MR) is 129 cm³/mol. The summed E-state index contributed by atoms with van der Waals surface area (Å²) in [5.74, 6) is -0.636. The van der Waals surface area contributed by atoms with Gasteiger partial charge in [0.05, 0.1) is 12.1 Å². The highest BCUT2D eigenvalue weighted by Crippen LogP contribution is 2.33. The Morgan fingerprint density at radius 3 is 2.06 bits per heavy atom. The van der Waals surface area contributed by atoms with Crippen LogP contribution in [0.1, 0.15) is 33.4 Å². The predicted octanol–water partition coefficient (Wildman–Crippen LogP) is 5.97. The lowest BCUT2D eigenvalue weighted by molar-refractivity contribution is -0.137. The summed E-state index contributed by atoms with van der Waals surface area (Å²) >= 11 is 5.99. The summed E-state index contributed by atoms with van der Waals surface area (Å²) in [6.07, 6.45) is 0. The Labute approximate surface area is 193 Å². The average molecular weight is 445 g/mol. The van der Waals surface area contributed by atoms with E-state index in [1.54, 1.807) is 12.1 Å². The Morgan fingerprint density at radius 2 is 1.44 bits per heavy atom. The molecule has 0 radical (unpaired) electrons. The van der Waals surface area contributed by atoms with E-state index in [1.165, 1.54) is 4.90 Å². The van der Waals surface area contributed by atoms with Gasteiger partial charge >= 0.3 is 0 Å². The topological polar surface area (TPSA) is 49.4 Å². The molecule has 3 aromatic rings. The monoisotopic (exact) mass is 444 g/mol. The molecule has 0 saturated heterocycles. The number of rotatable bonds is 5. The van der Waals surface area contributed by atoms with E-state index < -0.39 is 0 Å². The highest BCUT2D eigenvalue weighted by Gasteiger charge is 2.39. The number of anilines is 1. The van der Waals surface area contributed by atoms with Gasteiger partial charge in [0.15, 0.2) is 0 Å². The van der Waals surface area contributed by atoms with Gasteiger partial charge in [-0.2, -0.15) is 0 Å². The van der Waals surface area contributed by atoms with Gasteiger partial charge in [0.1, 0.15) is 5.70 Å². The number of nitrogens with zero attached hydrogens (tertiary/aromatic N) is 1. The van der Waals surface area contributed by atoms with Crippen LogP contribution in [0, 0.1) is 27.7 Å². The van der Waals surface area contributed by atoms with Crippen molar-refractivity contribution >= 4 is 34.7 Å². The molecule has 1 heterocycles. The molecular formula is C27H25ClN2O2. The molecule has 2 amide bonds. The van der Waals surface area contributed by atoms with Crippen molar-refractivity contribution in [3.05, 3.63) is 105 Å². The van der Waals surface area contributed by atoms with Crippen molar-refractivity contribution in [1.82, 2.24) is 4.90 Å². The second-order valence-electron chi connectivity index (χ2n) is 8.39. The standard InChI is InChI=1S/C27H25ClN2O2/c1-16-5-10-23(19(4)12-16)24-25(29-22-13-17(2)11-18(3)14-22)27(32)30(26(24)31)15-20-6-8-21(28)9-7-20/h5-14,29H,15H2,1-4H3. The van der Waals surface area contributed by atoms with Crippen molar-refractivity contribution in [3.63, 3.8) is 0 Å². The summed E-state index contributed by atoms with van der Waals surface area (Å²) in [5.41, 5.74) is 7.31.